The predicted octanol–water partition coefficient (Wildman–Crippen LogP) is 1.65. The summed E-state index contributed by atoms with van der Waals surface area (Å²) in [6, 6.07) is 0.00369. The summed E-state index contributed by atoms with van der Waals surface area (Å²) in [7, 11) is 3.98. The average molecular weight is 411 g/mol. The van der Waals surface area contributed by atoms with Crippen LogP contribution in [-0.2, 0) is 30.7 Å². The number of hydrogen-bond acceptors (Lipinski definition) is 5. The standard InChI is InChI=1S/C16H27N3O2.Cr.2H2O.2O/c1-5-7-9-20-15-12-14(19(3)4)16(11-13(15)18-17)21-10-8-6-2;;;;;/h11-12,14H,5-10H2,1-4H3;;2*1H2;;/q;+2;;;;/p-2. The van der Waals surface area contributed by atoms with Gasteiger partial charge in [0.2, 0.25) is 5.76 Å². The fourth-order valence-electron chi connectivity index (χ4n) is 1.99. The van der Waals surface area contributed by atoms with Crippen LogP contribution < -0.4 is 0 Å². The van der Waals surface area contributed by atoms with Gasteiger partial charge in [-0.3, -0.25) is 4.90 Å². The van der Waals surface area contributed by atoms with E-state index in [9.17, 15) is 5.53 Å². The third kappa shape index (κ3) is 11.2. The van der Waals surface area contributed by atoms with Gasteiger partial charge in [-0.15, -0.1) is 0 Å². The first kappa shape index (κ1) is 24.5. The number of hydrogen-bond donors (Lipinski definition) is 2. The van der Waals surface area contributed by atoms with Gasteiger partial charge in [-0.1, -0.05) is 26.7 Å². The number of nitrogens with zero attached hydrogens (tertiary/aromatic N) is 3. The van der Waals surface area contributed by atoms with Crippen LogP contribution in [0.5, 0.6) is 0 Å². The molecule has 0 aliphatic heterocycles. The quantitative estimate of drug-likeness (QED) is 0.335. The van der Waals surface area contributed by atoms with Crippen molar-refractivity contribution in [1.29, 1.82) is 0 Å². The first-order chi connectivity index (χ1) is 12.1. The van der Waals surface area contributed by atoms with Gasteiger partial charge >= 0.3 is 35.2 Å². The zero-order valence-electron chi connectivity index (χ0n) is 15.8. The third-order valence-electron chi connectivity index (χ3n) is 3.32. The minimum atomic E-state index is -5.25. The Morgan fingerprint density at radius 1 is 1.15 bits per heavy atom. The van der Waals surface area contributed by atoms with E-state index >= 15 is 0 Å². The molecule has 0 saturated heterocycles. The van der Waals surface area contributed by atoms with Crippen LogP contribution in [0.15, 0.2) is 23.7 Å². The fourth-order valence-corrected chi connectivity index (χ4v) is 1.99. The van der Waals surface area contributed by atoms with E-state index in [1.165, 1.54) is 0 Å². The maximum atomic E-state index is 9.19. The van der Waals surface area contributed by atoms with Crippen molar-refractivity contribution in [3.8, 4) is 0 Å². The fraction of sp³-hybridized carbons (Fsp3) is 0.688. The van der Waals surface area contributed by atoms with Crippen LogP contribution in [0.2, 0.25) is 0 Å². The molecule has 2 N–H and O–H groups in total. The first-order valence-corrected chi connectivity index (χ1v) is 10.6. The van der Waals surface area contributed by atoms with Crippen LogP contribution in [0.1, 0.15) is 39.5 Å². The SMILES string of the molecule is CCCCOC1=CC(N(C)C)C(OCCCC)=CC1=[N+]=[N-].[O]=[Cr](=[O])([OH])[OH]. The topological polar surface area (TPSA) is 133 Å². The second kappa shape index (κ2) is 12.8. The molecule has 0 aromatic heterocycles. The van der Waals surface area contributed by atoms with E-state index in [2.05, 4.69) is 23.5 Å². The Hall–Kier alpha value is -1.53. The monoisotopic (exact) mass is 411 g/mol. The molecule has 1 rings (SSSR count). The van der Waals surface area contributed by atoms with Crippen LogP contribution >= 0.6 is 0 Å². The average Bonchev–Trinajstić information content (AvgIpc) is 2.54. The number of ether oxygens (including phenoxy) is 2. The molecule has 26 heavy (non-hydrogen) atoms. The molecule has 9 nitrogen and oxygen atoms in total. The summed E-state index contributed by atoms with van der Waals surface area (Å²) in [6.07, 6.45) is 7.85. The summed E-state index contributed by atoms with van der Waals surface area (Å²) >= 11 is -5.25. The molecule has 150 valence electrons. The van der Waals surface area contributed by atoms with Crippen LogP contribution in [0.25, 0.3) is 5.53 Å². The molecule has 0 fully saturated rings. The van der Waals surface area contributed by atoms with Gasteiger partial charge in [-0.2, -0.15) is 4.79 Å². The van der Waals surface area contributed by atoms with E-state index in [0.717, 1.165) is 31.4 Å². The number of rotatable bonds is 9. The predicted molar refractivity (Wildman–Crippen MR) is 89.8 cm³/mol. The van der Waals surface area contributed by atoms with Crippen molar-refractivity contribution in [3.05, 3.63) is 29.2 Å². The van der Waals surface area contributed by atoms with Gasteiger partial charge < -0.3 is 15.0 Å². The number of likely N-dealkylation sites (N-methyl/N-ethyl adjacent to an activating group) is 1. The van der Waals surface area contributed by atoms with Crippen LogP contribution in [0.4, 0.5) is 0 Å². The summed E-state index contributed by atoms with van der Waals surface area (Å²) in [5, 5.41) is 0. The molecule has 0 radical (unpaired) electrons. The van der Waals surface area contributed by atoms with Crippen molar-refractivity contribution < 1.29 is 43.8 Å². The molecule has 1 aliphatic rings. The van der Waals surface area contributed by atoms with Crippen molar-refractivity contribution in [1.82, 2.24) is 4.90 Å². The molecule has 0 saturated carbocycles. The zero-order valence-corrected chi connectivity index (χ0v) is 17.0. The van der Waals surface area contributed by atoms with Crippen molar-refractivity contribution in [2.45, 2.75) is 45.6 Å². The van der Waals surface area contributed by atoms with Gasteiger partial charge in [-0.25, -0.2) is 0 Å². The van der Waals surface area contributed by atoms with E-state index < -0.39 is 13.6 Å². The van der Waals surface area contributed by atoms with Gasteiger partial charge in [0.05, 0.1) is 25.3 Å². The van der Waals surface area contributed by atoms with E-state index in [-0.39, 0.29) is 6.04 Å². The van der Waals surface area contributed by atoms with Crippen molar-refractivity contribution in [2.24, 2.45) is 0 Å². The minimum absolute atomic E-state index is 0.00369. The van der Waals surface area contributed by atoms with Gasteiger partial charge in [-0.05, 0) is 33.0 Å². The molecule has 1 atom stereocenters. The number of allylic oxidation sites excluding steroid dienone is 1. The second-order valence-corrected chi connectivity index (χ2v) is 7.22. The normalized spacial score (nSPS) is 16.9. The van der Waals surface area contributed by atoms with E-state index in [1.807, 2.05) is 20.2 Å². The van der Waals surface area contributed by atoms with Gasteiger partial charge in [0.1, 0.15) is 5.76 Å². The van der Waals surface area contributed by atoms with Crippen LogP contribution in [-0.4, -0.2) is 57.1 Å². The second-order valence-electron chi connectivity index (χ2n) is 5.82. The number of unbranched alkanes of at least 4 members (excludes halogenated alkanes) is 2. The summed E-state index contributed by atoms with van der Waals surface area (Å²) < 4.78 is 43.4. The Labute approximate surface area is 156 Å². The molecular weight excluding hydrogens is 382 g/mol. The summed E-state index contributed by atoms with van der Waals surface area (Å²) in [5.41, 5.74) is 9.61. The maximum absolute atomic E-state index is 9.19. The van der Waals surface area contributed by atoms with Gasteiger partial charge in [0.15, 0.2) is 0 Å². The summed E-state index contributed by atoms with van der Waals surface area (Å²) in [4.78, 5) is 5.38. The summed E-state index contributed by atoms with van der Waals surface area (Å²) in [5.74, 6) is 1.41. The van der Waals surface area contributed by atoms with Crippen molar-refractivity contribution in [3.63, 3.8) is 0 Å². The van der Waals surface area contributed by atoms with Gasteiger partial charge in [0, 0.05) is 0 Å². The molecule has 1 unspecified atom stereocenters. The van der Waals surface area contributed by atoms with E-state index in [4.69, 9.17) is 25.4 Å². The molecule has 0 aromatic carbocycles. The van der Waals surface area contributed by atoms with Crippen molar-refractivity contribution >= 4 is 5.71 Å². The van der Waals surface area contributed by atoms with Crippen LogP contribution in [0.3, 0.4) is 0 Å². The van der Waals surface area contributed by atoms with Crippen LogP contribution in [0, 0.1) is 0 Å². The molecular formula is C16H29CrN3O6. The van der Waals surface area contributed by atoms with Gasteiger partial charge in [0.25, 0.3) is 0 Å². The summed E-state index contributed by atoms with van der Waals surface area (Å²) in [6.45, 7) is 5.54. The Morgan fingerprint density at radius 2 is 1.65 bits per heavy atom. The molecule has 0 amide bonds. The molecule has 0 heterocycles. The molecule has 0 aromatic rings. The van der Waals surface area contributed by atoms with Crippen molar-refractivity contribution in [2.75, 3.05) is 27.3 Å². The Bertz CT molecular complexity index is 628. The third-order valence-corrected chi connectivity index (χ3v) is 3.32. The first-order valence-electron chi connectivity index (χ1n) is 8.41. The van der Waals surface area contributed by atoms with E-state index in [0.29, 0.717) is 24.7 Å². The Morgan fingerprint density at radius 3 is 2.08 bits per heavy atom. The Balaban J connectivity index is 0.00000110. The molecule has 0 spiro atoms. The zero-order chi connectivity index (χ0) is 20.2. The molecule has 0 bridgehead atoms. The molecule has 1 aliphatic carbocycles. The molecule has 10 heteroatoms. The van der Waals surface area contributed by atoms with E-state index in [1.54, 1.807) is 6.08 Å². The Kier molecular flexibility index (Phi) is 12.0.